The number of nitrogens with one attached hydrogen (secondary N) is 3. The van der Waals surface area contributed by atoms with Crippen LogP contribution in [-0.4, -0.2) is 335 Å². The van der Waals surface area contributed by atoms with E-state index in [4.69, 9.17) is 95.5 Å². The van der Waals surface area contributed by atoms with Crippen molar-refractivity contribution in [3.05, 3.63) is 0 Å². The number of aliphatic imine (C=N–C) groups is 1. The Kier molecular flexibility index (Phi) is 29.2. The molecule has 0 bridgehead atoms. The summed E-state index contributed by atoms with van der Waals surface area (Å²) in [4.78, 5) is 27.3. The van der Waals surface area contributed by atoms with Gasteiger partial charge in [0.05, 0.1) is 82.1 Å². The molecule has 40 heteroatoms. The molecule has 6 aliphatic rings. The molecule has 0 aromatic rings. The van der Waals surface area contributed by atoms with Crippen LogP contribution in [-0.2, 0) is 76.5 Å². The molecular formula is C46H88N10O29S. The van der Waals surface area contributed by atoms with Gasteiger partial charge in [0.25, 0.3) is 0 Å². The quantitative estimate of drug-likeness (QED) is 0.0324. The fraction of sp³-hybridized carbons (Fsp3) is 0.913. The average molecular weight is 1280 g/mol. The van der Waals surface area contributed by atoms with E-state index in [0.29, 0.717) is 0 Å². The zero-order valence-corrected chi connectivity index (χ0v) is 48.5. The Morgan fingerprint density at radius 2 is 0.744 bits per heavy atom. The van der Waals surface area contributed by atoms with Crippen molar-refractivity contribution in [1.29, 1.82) is 5.41 Å². The number of hydrogen-bond donors (Lipinski definition) is 22. The zero-order valence-electron chi connectivity index (χ0n) is 47.7. The van der Waals surface area contributed by atoms with Crippen molar-refractivity contribution in [1.82, 2.24) is 10.6 Å². The standard InChI is InChI=1S/C23H43N5O13.C22H41N3O13.CH4N2O3S/c1-7-13(27-8(2)32)16(34)19(10(5-30)37-7)41-22-14(28-23(25)26)17(35)20(11(6-31)39-22)40-21-12(24)15(33)18(36-3)9(4-29)38-21;1-7-14(25-8(2)29)17(32)20(10(5-27)34-7)38-22-13(24)16(31)19(11(6-28)36-22)37-21-12(23)15(30)18(33-3)9(4-26)35-21;2-1(3)7(4,5)6/h7,9-22,29-31,33-35H,4-6,24H2,1-3H3,(H,27,32)(H4,25,26,28);7,9-22,26-28,30-32H,4-6,23-24H2,1-3H3,(H,25,29);(H3,2,3)(H,4,5,6). The summed E-state index contributed by atoms with van der Waals surface area (Å²) in [6, 6.07) is -6.85. The molecular weight excluding hydrogens is 1190 g/mol. The van der Waals surface area contributed by atoms with Gasteiger partial charge in [0.1, 0.15) is 116 Å². The van der Waals surface area contributed by atoms with E-state index in [9.17, 15) is 79.3 Å². The maximum Gasteiger partial charge on any atom is 0.327 e. The van der Waals surface area contributed by atoms with Crippen molar-refractivity contribution in [2.45, 2.75) is 211 Å². The molecule has 28 N–H and O–H groups in total. The minimum absolute atomic E-state index is 0.416. The second-order valence-corrected chi connectivity index (χ2v) is 22.2. The first kappa shape index (κ1) is 75.0. The Balaban J connectivity index is 0.000000332. The van der Waals surface area contributed by atoms with E-state index in [0.717, 1.165) is 0 Å². The number of amides is 2. The number of nitrogens with two attached hydrogens (primary N) is 6. The number of ether oxygens (including phenoxy) is 12. The van der Waals surface area contributed by atoms with E-state index in [-0.39, 0.29) is 0 Å². The van der Waals surface area contributed by atoms with E-state index in [1.165, 1.54) is 28.1 Å². The predicted octanol–water partition coefficient (Wildman–Crippen LogP) is -13.5. The van der Waals surface area contributed by atoms with E-state index >= 15 is 0 Å². The number of carbonyl (C=O) groups excluding carboxylic acids is 2. The highest BCUT2D eigenvalue weighted by Crippen LogP contribution is 2.35. The van der Waals surface area contributed by atoms with E-state index in [1.807, 2.05) is 0 Å². The lowest BCUT2D eigenvalue weighted by Gasteiger charge is -2.49. The van der Waals surface area contributed by atoms with Crippen molar-refractivity contribution >= 4 is 33.1 Å². The number of aliphatic hydroxyl groups excluding tert-OH is 12. The van der Waals surface area contributed by atoms with Crippen LogP contribution in [0.25, 0.3) is 0 Å². The maximum absolute atomic E-state index is 11.7. The van der Waals surface area contributed by atoms with Crippen molar-refractivity contribution in [2.24, 2.45) is 39.4 Å². The molecule has 0 radical (unpaired) electrons. The Hall–Kier alpha value is -3.49. The number of nitrogens with zero attached hydrogens (tertiary/aromatic N) is 1. The predicted molar refractivity (Wildman–Crippen MR) is 285 cm³/mol. The summed E-state index contributed by atoms with van der Waals surface area (Å²) >= 11 is 0. The Labute approximate surface area is 493 Å². The molecule has 6 aliphatic heterocycles. The first-order valence-electron chi connectivity index (χ1n) is 26.9. The van der Waals surface area contributed by atoms with Gasteiger partial charge in [0.2, 0.25) is 17.0 Å². The third-order valence-electron chi connectivity index (χ3n) is 14.8. The van der Waals surface area contributed by atoms with Crippen LogP contribution in [0.4, 0.5) is 0 Å². The highest BCUT2D eigenvalue weighted by molar-refractivity contribution is 8.01. The number of aliphatic hydroxyl groups is 12. The minimum atomic E-state index is -4.38. The largest absolute Gasteiger partial charge is 0.394 e. The van der Waals surface area contributed by atoms with Crippen LogP contribution in [0.2, 0.25) is 0 Å². The monoisotopic (exact) mass is 1280 g/mol. The Morgan fingerprint density at radius 3 is 1.02 bits per heavy atom. The number of methoxy groups -OCH3 is 2. The summed E-state index contributed by atoms with van der Waals surface area (Å²) in [5, 5.41) is 134. The molecule has 0 saturated carbocycles. The SMILES string of the molecule is COC1C(CO)OC(OC2C(CO)OC(OC3C(CO)OC(C)C(NC(C)=O)C3O)C(N)C2O)C(N)C1O.COC1C(CO)OC(OC2C(CO)OC(OC3C(CO)OC(C)C(NC(C)=O)C3O)C(N=C(N)N)C2O)C(N)C1O.N=C(N)S(=O)(=O)O. The molecule has 6 heterocycles. The molecule has 502 valence electrons. The van der Waals surface area contributed by atoms with Gasteiger partial charge >= 0.3 is 10.1 Å². The molecule has 0 aromatic carbocycles. The molecule has 6 saturated heterocycles. The van der Waals surface area contributed by atoms with Crippen LogP contribution in [0.5, 0.6) is 0 Å². The lowest BCUT2D eigenvalue weighted by Crippen LogP contribution is -2.69. The second-order valence-electron chi connectivity index (χ2n) is 20.8. The molecule has 2 amide bonds. The number of carbonyl (C=O) groups is 2. The van der Waals surface area contributed by atoms with Crippen molar-refractivity contribution < 1.29 is 141 Å². The molecule has 6 rings (SSSR count). The van der Waals surface area contributed by atoms with Gasteiger partial charge < -0.3 is 163 Å². The topological polar surface area (TPSA) is 658 Å². The van der Waals surface area contributed by atoms with Crippen LogP contribution >= 0.6 is 0 Å². The van der Waals surface area contributed by atoms with Crippen molar-refractivity contribution in [3.63, 3.8) is 0 Å². The van der Waals surface area contributed by atoms with Crippen LogP contribution in [0.15, 0.2) is 4.99 Å². The first-order chi connectivity index (χ1) is 40.3. The molecule has 6 fully saturated rings. The summed E-state index contributed by atoms with van der Waals surface area (Å²) < 4.78 is 95.0. The van der Waals surface area contributed by atoms with Crippen LogP contribution in [0.1, 0.15) is 27.7 Å². The second kappa shape index (κ2) is 33.5. The average Bonchev–Trinajstić information content (AvgIpc) is 1.07. The van der Waals surface area contributed by atoms with Gasteiger partial charge in [0, 0.05) is 28.1 Å². The summed E-state index contributed by atoms with van der Waals surface area (Å²) in [5.74, 6) is -1.33. The smallest absolute Gasteiger partial charge is 0.327 e. The van der Waals surface area contributed by atoms with Crippen LogP contribution in [0.3, 0.4) is 0 Å². The fourth-order valence-corrected chi connectivity index (χ4v) is 10.4. The normalized spacial score (nSPS) is 43.7. The maximum atomic E-state index is 11.7. The van der Waals surface area contributed by atoms with Gasteiger partial charge in [-0.2, -0.15) is 8.42 Å². The molecule has 30 atom stereocenters. The number of guanidine groups is 1. The van der Waals surface area contributed by atoms with E-state index in [2.05, 4.69) is 21.4 Å². The molecule has 30 unspecified atom stereocenters. The number of hydrogen-bond acceptors (Lipinski definition) is 33. The Morgan fingerprint density at radius 1 is 0.488 bits per heavy atom. The summed E-state index contributed by atoms with van der Waals surface area (Å²) in [5.41, 5.74) is 33.8. The number of rotatable bonds is 19. The minimum Gasteiger partial charge on any atom is -0.394 e. The van der Waals surface area contributed by atoms with Crippen molar-refractivity contribution in [2.75, 3.05) is 53.9 Å². The zero-order chi connectivity index (χ0) is 65.0. The third-order valence-corrected chi connectivity index (χ3v) is 15.4. The lowest BCUT2D eigenvalue weighted by molar-refractivity contribution is -0.344. The van der Waals surface area contributed by atoms with Gasteiger partial charge in [-0.05, 0) is 13.8 Å². The van der Waals surface area contributed by atoms with E-state index in [1.54, 1.807) is 13.8 Å². The van der Waals surface area contributed by atoms with Gasteiger partial charge in [-0.15, -0.1) is 0 Å². The molecule has 0 aromatic heterocycles. The molecule has 86 heavy (non-hydrogen) atoms. The van der Waals surface area contributed by atoms with Gasteiger partial charge in [-0.3, -0.25) is 19.6 Å². The third kappa shape index (κ3) is 18.4. The molecule has 0 spiro atoms. The van der Waals surface area contributed by atoms with E-state index < -0.39 is 256 Å². The molecule has 0 aliphatic carbocycles. The molecule has 39 nitrogen and oxygen atoms in total. The lowest BCUT2D eigenvalue weighted by atomic mass is 9.92. The highest BCUT2D eigenvalue weighted by Gasteiger charge is 2.56. The first-order valence-corrected chi connectivity index (χ1v) is 28.3. The van der Waals surface area contributed by atoms with Crippen molar-refractivity contribution in [3.8, 4) is 0 Å². The summed E-state index contributed by atoms with van der Waals surface area (Å²) in [7, 11) is -1.75. The fourth-order valence-electron chi connectivity index (χ4n) is 10.4. The van der Waals surface area contributed by atoms with Crippen LogP contribution in [0, 0.1) is 5.41 Å². The van der Waals surface area contributed by atoms with Crippen LogP contribution < -0.4 is 45.0 Å². The summed E-state index contributed by atoms with van der Waals surface area (Å²) in [6.45, 7) is 2.19. The number of amidine groups is 1. The van der Waals surface area contributed by atoms with Gasteiger partial charge in [-0.25, -0.2) is 4.99 Å². The summed E-state index contributed by atoms with van der Waals surface area (Å²) in [6.07, 6.45) is -29.3. The van der Waals surface area contributed by atoms with Gasteiger partial charge in [0.15, 0.2) is 31.1 Å². The van der Waals surface area contributed by atoms with Gasteiger partial charge in [-0.1, -0.05) is 0 Å². The highest BCUT2D eigenvalue weighted by atomic mass is 32.2. The Bertz CT molecular complexity index is 2260.